The van der Waals surface area contributed by atoms with Crippen molar-refractivity contribution in [3.63, 3.8) is 0 Å². The second-order valence-corrected chi connectivity index (χ2v) is 6.72. The number of amides is 1. The summed E-state index contributed by atoms with van der Waals surface area (Å²) < 4.78 is 0.948. The monoisotopic (exact) mass is 386 g/mol. The van der Waals surface area contributed by atoms with Crippen molar-refractivity contribution in [2.45, 2.75) is 13.5 Å². The Kier molecular flexibility index (Phi) is 4.99. The highest BCUT2D eigenvalue weighted by Gasteiger charge is 2.17. The van der Waals surface area contributed by atoms with E-state index in [9.17, 15) is 24.5 Å². The summed E-state index contributed by atoms with van der Waals surface area (Å²) >= 11 is 1.39. The van der Waals surface area contributed by atoms with Crippen LogP contribution in [0.5, 0.6) is 0 Å². The number of anilines is 1. The third-order valence-electron chi connectivity index (χ3n) is 3.87. The fourth-order valence-electron chi connectivity index (χ4n) is 2.47. The van der Waals surface area contributed by atoms with Crippen LogP contribution in [0.15, 0.2) is 51.5 Å². The molecule has 2 aromatic heterocycles. The summed E-state index contributed by atoms with van der Waals surface area (Å²) in [6.45, 7) is 1.66. The Morgan fingerprint density at radius 1 is 1.33 bits per heavy atom. The maximum atomic E-state index is 12.6. The van der Waals surface area contributed by atoms with Gasteiger partial charge in [-0.05, 0) is 30.0 Å². The Bertz CT molecular complexity index is 1130. The van der Waals surface area contributed by atoms with E-state index in [1.165, 1.54) is 29.5 Å². The van der Waals surface area contributed by atoms with Gasteiger partial charge in [0.1, 0.15) is 5.56 Å². The molecule has 0 aliphatic rings. The second-order valence-electron chi connectivity index (χ2n) is 5.69. The van der Waals surface area contributed by atoms with Gasteiger partial charge in [0.15, 0.2) is 0 Å². The van der Waals surface area contributed by atoms with Gasteiger partial charge in [0, 0.05) is 28.9 Å². The average molecular weight is 386 g/mol. The highest BCUT2D eigenvalue weighted by Crippen LogP contribution is 2.21. The van der Waals surface area contributed by atoms with Crippen molar-refractivity contribution in [1.29, 1.82) is 0 Å². The molecule has 3 rings (SSSR count). The van der Waals surface area contributed by atoms with Gasteiger partial charge >= 0.3 is 5.69 Å². The zero-order valence-corrected chi connectivity index (χ0v) is 14.9. The quantitative estimate of drug-likeness (QED) is 0.513. The predicted molar refractivity (Wildman–Crippen MR) is 101 cm³/mol. The summed E-state index contributed by atoms with van der Waals surface area (Å²) in [6, 6.07) is 7.54. The van der Waals surface area contributed by atoms with Gasteiger partial charge in [-0.15, -0.1) is 11.3 Å². The molecule has 0 saturated carbocycles. The molecular formula is C17H14N4O5S. The molecule has 0 unspecified atom stereocenters. The number of benzene rings is 1. The number of thiophene rings is 1. The molecule has 1 amide bonds. The van der Waals surface area contributed by atoms with Crippen LogP contribution in [0.4, 0.5) is 11.4 Å². The number of carbonyl (C=O) groups is 1. The Morgan fingerprint density at radius 3 is 2.74 bits per heavy atom. The lowest BCUT2D eigenvalue weighted by molar-refractivity contribution is -0.384. The van der Waals surface area contributed by atoms with Crippen molar-refractivity contribution in [3.8, 4) is 0 Å². The van der Waals surface area contributed by atoms with E-state index in [0.29, 0.717) is 11.3 Å². The van der Waals surface area contributed by atoms with Gasteiger partial charge < -0.3 is 10.3 Å². The van der Waals surface area contributed by atoms with E-state index in [2.05, 4.69) is 10.3 Å². The van der Waals surface area contributed by atoms with Crippen LogP contribution >= 0.6 is 11.3 Å². The number of nitro groups is 1. The van der Waals surface area contributed by atoms with Crippen LogP contribution in [0.1, 0.15) is 20.8 Å². The standard InChI is InChI=1S/C17H14N4O5S/c1-10-7-11(21(25)26)4-5-14(10)19-15(22)13-8-18-17(24)20(16(13)23)9-12-3-2-6-27-12/h2-8H,9H2,1H3,(H,18,24)(H,19,22). The van der Waals surface area contributed by atoms with E-state index in [4.69, 9.17) is 0 Å². The van der Waals surface area contributed by atoms with Crippen LogP contribution in [0.2, 0.25) is 0 Å². The first kappa shape index (κ1) is 18.3. The van der Waals surface area contributed by atoms with Gasteiger partial charge in [0.25, 0.3) is 17.2 Å². The molecule has 0 radical (unpaired) electrons. The van der Waals surface area contributed by atoms with Crippen LogP contribution in [0, 0.1) is 17.0 Å². The minimum absolute atomic E-state index is 0.0590. The number of aromatic amines is 1. The second kappa shape index (κ2) is 7.38. The lowest BCUT2D eigenvalue weighted by Gasteiger charge is -2.09. The molecule has 10 heteroatoms. The van der Waals surface area contributed by atoms with Gasteiger partial charge in [-0.3, -0.25) is 24.3 Å². The number of non-ortho nitro benzene ring substituents is 1. The zero-order valence-electron chi connectivity index (χ0n) is 14.1. The number of rotatable bonds is 5. The number of nitro benzene ring substituents is 1. The SMILES string of the molecule is Cc1cc([N+](=O)[O-])ccc1NC(=O)c1c[nH]c(=O)n(Cc2cccs2)c1=O. The van der Waals surface area contributed by atoms with Crippen molar-refractivity contribution in [2.75, 3.05) is 5.32 Å². The Hall–Kier alpha value is -3.53. The van der Waals surface area contributed by atoms with Gasteiger partial charge in [-0.1, -0.05) is 6.07 Å². The van der Waals surface area contributed by atoms with Crippen LogP contribution in [0.3, 0.4) is 0 Å². The van der Waals surface area contributed by atoms with Crippen molar-refractivity contribution in [2.24, 2.45) is 0 Å². The molecule has 0 aliphatic heterocycles. The lowest BCUT2D eigenvalue weighted by Crippen LogP contribution is -2.39. The first-order chi connectivity index (χ1) is 12.9. The van der Waals surface area contributed by atoms with Gasteiger partial charge in [-0.25, -0.2) is 4.79 Å². The minimum Gasteiger partial charge on any atom is -0.322 e. The highest BCUT2D eigenvalue weighted by atomic mass is 32.1. The maximum Gasteiger partial charge on any atom is 0.328 e. The van der Waals surface area contributed by atoms with Gasteiger partial charge in [0.2, 0.25) is 0 Å². The number of aromatic nitrogens is 2. The molecule has 0 bridgehead atoms. The van der Waals surface area contributed by atoms with E-state index in [-0.39, 0.29) is 17.8 Å². The Balaban J connectivity index is 1.90. The zero-order chi connectivity index (χ0) is 19.6. The average Bonchev–Trinajstić information content (AvgIpc) is 3.13. The maximum absolute atomic E-state index is 12.6. The van der Waals surface area contributed by atoms with E-state index in [0.717, 1.165) is 15.6 Å². The molecule has 3 aromatic rings. The van der Waals surface area contributed by atoms with E-state index >= 15 is 0 Å². The topological polar surface area (TPSA) is 127 Å². The van der Waals surface area contributed by atoms with Crippen molar-refractivity contribution < 1.29 is 9.72 Å². The smallest absolute Gasteiger partial charge is 0.322 e. The number of carbonyl (C=O) groups excluding carboxylic acids is 1. The Labute approximate surface area is 156 Å². The summed E-state index contributed by atoms with van der Waals surface area (Å²) in [6.07, 6.45) is 1.06. The van der Waals surface area contributed by atoms with Crippen LogP contribution < -0.4 is 16.6 Å². The summed E-state index contributed by atoms with van der Waals surface area (Å²) in [7, 11) is 0. The molecular weight excluding hydrogens is 372 g/mol. The highest BCUT2D eigenvalue weighted by molar-refractivity contribution is 7.09. The molecule has 2 N–H and O–H groups in total. The first-order valence-corrected chi connectivity index (χ1v) is 8.66. The number of H-pyrrole nitrogens is 1. The first-order valence-electron chi connectivity index (χ1n) is 7.78. The lowest BCUT2D eigenvalue weighted by atomic mass is 10.1. The third kappa shape index (κ3) is 3.85. The minimum atomic E-state index is -0.718. The molecule has 0 saturated heterocycles. The number of aryl methyl sites for hydroxylation is 1. The third-order valence-corrected chi connectivity index (χ3v) is 4.73. The van der Waals surface area contributed by atoms with Gasteiger partial charge in [0.05, 0.1) is 11.5 Å². The normalized spacial score (nSPS) is 10.6. The predicted octanol–water partition coefficient (Wildman–Crippen LogP) is 2.12. The van der Waals surface area contributed by atoms with Crippen LogP contribution in [-0.2, 0) is 6.54 Å². The molecule has 0 spiro atoms. The number of hydrogen-bond acceptors (Lipinski definition) is 6. The molecule has 9 nitrogen and oxygen atoms in total. The largest absolute Gasteiger partial charge is 0.328 e. The van der Waals surface area contributed by atoms with Crippen molar-refractivity contribution in [1.82, 2.24) is 9.55 Å². The number of hydrogen-bond donors (Lipinski definition) is 2. The number of nitrogens with one attached hydrogen (secondary N) is 2. The van der Waals surface area contributed by atoms with E-state index < -0.39 is 22.1 Å². The van der Waals surface area contributed by atoms with Gasteiger partial charge in [-0.2, -0.15) is 0 Å². The molecule has 138 valence electrons. The number of nitrogens with zero attached hydrogens (tertiary/aromatic N) is 2. The molecule has 0 fully saturated rings. The summed E-state index contributed by atoms with van der Waals surface area (Å²) in [5.74, 6) is -0.715. The molecule has 0 aliphatic carbocycles. The van der Waals surface area contributed by atoms with Crippen molar-refractivity contribution >= 4 is 28.6 Å². The molecule has 0 atom stereocenters. The van der Waals surface area contributed by atoms with Crippen LogP contribution in [0.25, 0.3) is 0 Å². The van der Waals surface area contributed by atoms with Crippen LogP contribution in [-0.4, -0.2) is 20.4 Å². The summed E-state index contributed by atoms with van der Waals surface area (Å²) in [4.78, 5) is 50.5. The fourth-order valence-corrected chi connectivity index (χ4v) is 3.16. The fraction of sp³-hybridized carbons (Fsp3) is 0.118. The van der Waals surface area contributed by atoms with Crippen molar-refractivity contribution in [3.05, 3.63) is 88.9 Å². The Morgan fingerprint density at radius 2 is 2.11 bits per heavy atom. The summed E-state index contributed by atoms with van der Waals surface area (Å²) in [5, 5.41) is 15.2. The molecule has 2 heterocycles. The summed E-state index contributed by atoms with van der Waals surface area (Å²) in [5.41, 5.74) is -0.862. The molecule has 1 aromatic carbocycles. The van der Waals surface area contributed by atoms with E-state index in [1.807, 2.05) is 5.38 Å². The molecule has 27 heavy (non-hydrogen) atoms. The van der Waals surface area contributed by atoms with E-state index in [1.54, 1.807) is 19.1 Å².